The Morgan fingerprint density at radius 1 is 1.17 bits per heavy atom. The molecule has 1 aromatic carbocycles. The minimum absolute atomic E-state index is 0.112. The first kappa shape index (κ1) is 17.8. The number of hydrogen-bond donors (Lipinski definition) is 1. The first-order valence-corrected chi connectivity index (χ1v) is 8.95. The van der Waals surface area contributed by atoms with E-state index in [9.17, 15) is 4.79 Å². The third-order valence-electron chi connectivity index (χ3n) is 4.73. The van der Waals surface area contributed by atoms with Gasteiger partial charge in [-0.1, -0.05) is 52.2 Å². The van der Waals surface area contributed by atoms with Crippen molar-refractivity contribution in [3.8, 4) is 0 Å². The number of rotatable bonds is 5. The fourth-order valence-corrected chi connectivity index (χ4v) is 3.31. The molecule has 3 heteroatoms. The summed E-state index contributed by atoms with van der Waals surface area (Å²) < 4.78 is 5.31. The van der Waals surface area contributed by atoms with Gasteiger partial charge in [0.2, 0.25) is 0 Å². The maximum atomic E-state index is 12.4. The summed E-state index contributed by atoms with van der Waals surface area (Å²) >= 11 is 0. The normalized spacial score (nSPS) is 17.6. The molecule has 1 aromatic rings. The van der Waals surface area contributed by atoms with Gasteiger partial charge < -0.3 is 10.1 Å². The van der Waals surface area contributed by atoms with Crippen molar-refractivity contribution in [1.82, 2.24) is 0 Å². The second kappa shape index (κ2) is 7.85. The van der Waals surface area contributed by atoms with E-state index in [1.165, 1.54) is 24.8 Å². The number of benzene rings is 1. The van der Waals surface area contributed by atoms with Crippen molar-refractivity contribution >= 4 is 11.7 Å². The van der Waals surface area contributed by atoms with E-state index in [0.717, 1.165) is 18.5 Å². The number of hydrogen-bond acceptors (Lipinski definition) is 3. The lowest BCUT2D eigenvalue weighted by Gasteiger charge is -2.30. The van der Waals surface area contributed by atoms with Crippen LogP contribution in [0.2, 0.25) is 0 Å². The summed E-state index contributed by atoms with van der Waals surface area (Å²) in [5.74, 6) is 0.268. The summed E-state index contributed by atoms with van der Waals surface area (Å²) in [7, 11) is 0. The fourth-order valence-electron chi connectivity index (χ4n) is 3.31. The smallest absolute Gasteiger partial charge is 0.328 e. The quantitative estimate of drug-likeness (QED) is 0.784. The molecular formula is C20H31NO2. The van der Waals surface area contributed by atoms with Gasteiger partial charge in [0, 0.05) is 5.69 Å². The van der Waals surface area contributed by atoms with Crippen LogP contribution in [0.5, 0.6) is 0 Å². The molecule has 1 aliphatic rings. The van der Waals surface area contributed by atoms with Crippen LogP contribution in [0.15, 0.2) is 24.3 Å². The minimum Gasteiger partial charge on any atom is -0.464 e. The van der Waals surface area contributed by atoms with Crippen molar-refractivity contribution in [1.29, 1.82) is 0 Å². The van der Waals surface area contributed by atoms with Crippen LogP contribution in [0.4, 0.5) is 5.69 Å². The molecule has 0 heterocycles. The Hall–Kier alpha value is -1.51. The molecule has 0 bridgehead atoms. The Labute approximate surface area is 140 Å². The molecule has 0 aromatic heterocycles. The van der Waals surface area contributed by atoms with E-state index in [0.29, 0.717) is 12.5 Å². The van der Waals surface area contributed by atoms with E-state index in [1.807, 2.05) is 6.92 Å². The molecule has 2 rings (SSSR count). The third kappa shape index (κ3) is 4.98. The average molecular weight is 317 g/mol. The van der Waals surface area contributed by atoms with Gasteiger partial charge in [0.1, 0.15) is 6.04 Å². The second-order valence-corrected chi connectivity index (χ2v) is 7.60. The van der Waals surface area contributed by atoms with Crippen molar-refractivity contribution in [3.05, 3.63) is 29.8 Å². The number of esters is 1. The third-order valence-corrected chi connectivity index (χ3v) is 4.73. The molecule has 0 aliphatic heterocycles. The summed E-state index contributed by atoms with van der Waals surface area (Å²) in [4.78, 5) is 12.4. The first-order chi connectivity index (χ1) is 10.9. The van der Waals surface area contributed by atoms with Gasteiger partial charge in [-0.2, -0.15) is 0 Å². The maximum absolute atomic E-state index is 12.4. The van der Waals surface area contributed by atoms with Gasteiger partial charge in [-0.25, -0.2) is 4.79 Å². The SMILES string of the molecule is CCOC(=O)C(Nc1ccc(C(C)(C)C)cc1)C1CCCCC1. The van der Waals surface area contributed by atoms with Gasteiger partial charge in [-0.05, 0) is 48.8 Å². The van der Waals surface area contributed by atoms with E-state index in [1.54, 1.807) is 0 Å². The molecule has 1 fully saturated rings. The molecule has 0 radical (unpaired) electrons. The van der Waals surface area contributed by atoms with Crippen LogP contribution in [0.3, 0.4) is 0 Å². The lowest BCUT2D eigenvalue weighted by molar-refractivity contribution is -0.145. The van der Waals surface area contributed by atoms with Gasteiger partial charge in [0.15, 0.2) is 0 Å². The monoisotopic (exact) mass is 317 g/mol. The van der Waals surface area contributed by atoms with Crippen LogP contribution in [0, 0.1) is 5.92 Å². The summed E-state index contributed by atoms with van der Waals surface area (Å²) in [6.07, 6.45) is 5.93. The molecule has 0 saturated heterocycles. The van der Waals surface area contributed by atoms with Crippen molar-refractivity contribution < 1.29 is 9.53 Å². The Morgan fingerprint density at radius 3 is 2.30 bits per heavy atom. The number of nitrogens with one attached hydrogen (secondary N) is 1. The number of ether oxygens (including phenoxy) is 1. The van der Waals surface area contributed by atoms with E-state index in [2.05, 4.69) is 50.4 Å². The highest BCUT2D eigenvalue weighted by molar-refractivity contribution is 5.79. The van der Waals surface area contributed by atoms with Gasteiger partial charge in [-0.3, -0.25) is 0 Å². The van der Waals surface area contributed by atoms with Crippen molar-refractivity contribution in [2.45, 2.75) is 71.3 Å². The summed E-state index contributed by atoms with van der Waals surface area (Å²) in [6.45, 7) is 8.93. The maximum Gasteiger partial charge on any atom is 0.328 e. The molecule has 1 saturated carbocycles. The lowest BCUT2D eigenvalue weighted by atomic mass is 9.83. The van der Waals surface area contributed by atoms with Gasteiger partial charge in [-0.15, -0.1) is 0 Å². The molecular weight excluding hydrogens is 286 g/mol. The topological polar surface area (TPSA) is 38.3 Å². The van der Waals surface area contributed by atoms with Crippen LogP contribution < -0.4 is 5.32 Å². The van der Waals surface area contributed by atoms with Crippen molar-refractivity contribution in [2.24, 2.45) is 5.92 Å². The molecule has 1 N–H and O–H groups in total. The van der Waals surface area contributed by atoms with E-state index >= 15 is 0 Å². The molecule has 3 nitrogen and oxygen atoms in total. The fraction of sp³-hybridized carbons (Fsp3) is 0.650. The van der Waals surface area contributed by atoms with Gasteiger partial charge in [0.25, 0.3) is 0 Å². The highest BCUT2D eigenvalue weighted by atomic mass is 16.5. The number of carbonyl (C=O) groups is 1. The molecule has 1 unspecified atom stereocenters. The predicted molar refractivity (Wildman–Crippen MR) is 95.8 cm³/mol. The van der Waals surface area contributed by atoms with Crippen LogP contribution in [-0.4, -0.2) is 18.6 Å². The summed E-state index contributed by atoms with van der Waals surface area (Å²) in [6, 6.07) is 8.22. The van der Waals surface area contributed by atoms with Crippen molar-refractivity contribution in [3.63, 3.8) is 0 Å². The van der Waals surface area contributed by atoms with E-state index in [-0.39, 0.29) is 17.4 Å². The standard InChI is InChI=1S/C20H31NO2/c1-5-23-19(22)18(15-9-7-6-8-10-15)21-17-13-11-16(12-14-17)20(2,3)4/h11-15,18,21H,5-10H2,1-4H3. The first-order valence-electron chi connectivity index (χ1n) is 8.95. The van der Waals surface area contributed by atoms with Crippen LogP contribution in [-0.2, 0) is 14.9 Å². The second-order valence-electron chi connectivity index (χ2n) is 7.60. The molecule has 128 valence electrons. The summed E-state index contributed by atoms with van der Waals surface area (Å²) in [5, 5.41) is 3.44. The van der Waals surface area contributed by atoms with E-state index in [4.69, 9.17) is 4.74 Å². The number of carbonyl (C=O) groups excluding carboxylic acids is 1. The largest absolute Gasteiger partial charge is 0.464 e. The van der Waals surface area contributed by atoms with Gasteiger partial charge >= 0.3 is 5.97 Å². The van der Waals surface area contributed by atoms with Crippen LogP contribution >= 0.6 is 0 Å². The molecule has 0 amide bonds. The molecule has 1 aliphatic carbocycles. The molecule has 0 spiro atoms. The predicted octanol–water partition coefficient (Wildman–Crippen LogP) is 4.91. The van der Waals surface area contributed by atoms with E-state index < -0.39 is 0 Å². The van der Waals surface area contributed by atoms with Crippen LogP contribution in [0.25, 0.3) is 0 Å². The highest BCUT2D eigenvalue weighted by Gasteiger charge is 2.30. The summed E-state index contributed by atoms with van der Waals surface area (Å²) in [5.41, 5.74) is 2.44. The molecule has 23 heavy (non-hydrogen) atoms. The Balaban J connectivity index is 2.11. The zero-order chi connectivity index (χ0) is 16.9. The Morgan fingerprint density at radius 2 is 1.78 bits per heavy atom. The van der Waals surface area contributed by atoms with Gasteiger partial charge in [0.05, 0.1) is 6.61 Å². The Kier molecular flexibility index (Phi) is 6.09. The lowest BCUT2D eigenvalue weighted by Crippen LogP contribution is -2.39. The van der Waals surface area contributed by atoms with Crippen LogP contribution in [0.1, 0.15) is 65.4 Å². The minimum atomic E-state index is -0.226. The highest BCUT2D eigenvalue weighted by Crippen LogP contribution is 2.30. The Bertz CT molecular complexity index is 495. The zero-order valence-electron chi connectivity index (χ0n) is 15.0. The van der Waals surface area contributed by atoms with Crippen molar-refractivity contribution in [2.75, 3.05) is 11.9 Å². The average Bonchev–Trinajstić information content (AvgIpc) is 2.53. The zero-order valence-corrected chi connectivity index (χ0v) is 15.0. The molecule has 1 atom stereocenters. The number of anilines is 1.